The van der Waals surface area contributed by atoms with Gasteiger partial charge in [-0.2, -0.15) is 13.2 Å². The number of carbonyl (C=O) groups excluding carboxylic acids is 1. The zero-order chi connectivity index (χ0) is 13.8. The van der Waals surface area contributed by atoms with Gasteiger partial charge in [-0.05, 0) is 28.1 Å². The Labute approximate surface area is 109 Å². The molecular weight excluding hydrogens is 317 g/mol. The van der Waals surface area contributed by atoms with Crippen LogP contribution < -0.4 is 15.8 Å². The van der Waals surface area contributed by atoms with Crippen molar-refractivity contribution in [3.63, 3.8) is 0 Å². The summed E-state index contributed by atoms with van der Waals surface area (Å²) in [5.41, 5.74) is 5.97. The molecule has 0 radical (unpaired) electrons. The molecular formula is C10H10BrF3N2O2. The number of nitrogens with two attached hydrogens (primary N) is 1. The molecule has 0 atom stereocenters. The molecule has 0 saturated heterocycles. The van der Waals surface area contributed by atoms with Gasteiger partial charge in [-0.3, -0.25) is 4.79 Å². The molecule has 8 heteroatoms. The van der Waals surface area contributed by atoms with Crippen LogP contribution in [-0.4, -0.2) is 25.2 Å². The molecule has 0 saturated carbocycles. The van der Waals surface area contributed by atoms with Crippen LogP contribution in [0.2, 0.25) is 0 Å². The summed E-state index contributed by atoms with van der Waals surface area (Å²) in [6.45, 7) is -1.90. The topological polar surface area (TPSA) is 64.3 Å². The minimum Gasteiger partial charge on any atom is -0.483 e. The van der Waals surface area contributed by atoms with Crippen LogP contribution in [0.3, 0.4) is 0 Å². The lowest BCUT2D eigenvalue weighted by Gasteiger charge is -2.11. The Balaban J connectivity index is 2.46. The highest BCUT2D eigenvalue weighted by molar-refractivity contribution is 9.10. The molecule has 0 aliphatic heterocycles. The van der Waals surface area contributed by atoms with E-state index in [1.807, 2.05) is 0 Å². The van der Waals surface area contributed by atoms with Crippen LogP contribution >= 0.6 is 15.9 Å². The predicted molar refractivity (Wildman–Crippen MR) is 63.1 cm³/mol. The van der Waals surface area contributed by atoms with E-state index in [2.05, 4.69) is 15.9 Å². The smallest absolute Gasteiger partial charge is 0.405 e. The van der Waals surface area contributed by atoms with Crippen molar-refractivity contribution in [2.75, 3.05) is 18.9 Å². The Bertz CT molecular complexity index is 438. The van der Waals surface area contributed by atoms with Gasteiger partial charge in [0.15, 0.2) is 6.61 Å². The molecule has 18 heavy (non-hydrogen) atoms. The molecule has 4 nitrogen and oxygen atoms in total. The van der Waals surface area contributed by atoms with E-state index in [0.717, 1.165) is 0 Å². The second kappa shape index (κ2) is 5.94. The van der Waals surface area contributed by atoms with E-state index < -0.39 is 25.2 Å². The number of rotatable bonds is 4. The van der Waals surface area contributed by atoms with Gasteiger partial charge in [0, 0.05) is 5.69 Å². The van der Waals surface area contributed by atoms with Gasteiger partial charge in [-0.15, -0.1) is 0 Å². The minimum atomic E-state index is -4.44. The summed E-state index contributed by atoms with van der Waals surface area (Å²) in [5.74, 6) is -0.571. The summed E-state index contributed by atoms with van der Waals surface area (Å²) < 4.78 is 40.9. The number of ether oxygens (including phenoxy) is 1. The maximum atomic E-state index is 11.8. The van der Waals surface area contributed by atoms with E-state index in [4.69, 9.17) is 10.5 Å². The second-order valence-corrected chi connectivity index (χ2v) is 4.13. The van der Waals surface area contributed by atoms with Gasteiger partial charge in [-0.25, -0.2) is 0 Å². The van der Waals surface area contributed by atoms with Crippen LogP contribution in [-0.2, 0) is 4.79 Å². The van der Waals surface area contributed by atoms with E-state index >= 15 is 0 Å². The highest BCUT2D eigenvalue weighted by Crippen LogP contribution is 2.30. The van der Waals surface area contributed by atoms with Gasteiger partial charge in [0.05, 0.1) is 4.47 Å². The molecule has 0 unspecified atom stereocenters. The van der Waals surface area contributed by atoms with Crippen molar-refractivity contribution in [3.05, 3.63) is 22.7 Å². The third kappa shape index (κ3) is 4.82. The number of hydrogen-bond donors (Lipinski definition) is 2. The molecule has 0 aliphatic carbocycles. The number of carbonyl (C=O) groups is 1. The highest BCUT2D eigenvalue weighted by Gasteiger charge is 2.27. The highest BCUT2D eigenvalue weighted by atomic mass is 79.9. The van der Waals surface area contributed by atoms with E-state index in [9.17, 15) is 18.0 Å². The SMILES string of the molecule is Nc1cccc(OCC(=O)NCC(F)(F)F)c1Br. The Hall–Kier alpha value is -1.44. The second-order valence-electron chi connectivity index (χ2n) is 3.34. The number of hydrogen-bond acceptors (Lipinski definition) is 3. The van der Waals surface area contributed by atoms with Crippen molar-refractivity contribution in [1.29, 1.82) is 0 Å². The lowest BCUT2D eigenvalue weighted by molar-refractivity contribution is -0.139. The summed E-state index contributed by atoms with van der Waals surface area (Å²) in [4.78, 5) is 11.1. The number of amides is 1. The van der Waals surface area contributed by atoms with Crippen LogP contribution in [0.1, 0.15) is 0 Å². The summed E-state index contributed by atoms with van der Waals surface area (Å²) in [7, 11) is 0. The first-order valence-electron chi connectivity index (χ1n) is 4.80. The van der Waals surface area contributed by atoms with Crippen LogP contribution in [0.4, 0.5) is 18.9 Å². The molecule has 0 bridgehead atoms. The monoisotopic (exact) mass is 326 g/mol. The number of anilines is 1. The van der Waals surface area contributed by atoms with Crippen LogP contribution in [0, 0.1) is 0 Å². The fourth-order valence-corrected chi connectivity index (χ4v) is 1.41. The molecule has 0 aliphatic rings. The molecule has 1 aromatic carbocycles. The number of nitrogens with one attached hydrogen (secondary N) is 1. The Morgan fingerprint density at radius 2 is 2.11 bits per heavy atom. The Morgan fingerprint density at radius 1 is 1.44 bits per heavy atom. The molecule has 3 N–H and O–H groups in total. The molecule has 0 heterocycles. The first kappa shape index (κ1) is 14.6. The fraction of sp³-hybridized carbons (Fsp3) is 0.300. The largest absolute Gasteiger partial charge is 0.483 e. The number of benzene rings is 1. The zero-order valence-corrected chi connectivity index (χ0v) is 10.6. The third-order valence-electron chi connectivity index (χ3n) is 1.84. The van der Waals surface area contributed by atoms with Crippen LogP contribution in [0.5, 0.6) is 5.75 Å². The summed E-state index contributed by atoms with van der Waals surface area (Å²) >= 11 is 3.14. The average Bonchev–Trinajstić information content (AvgIpc) is 2.27. The molecule has 0 fully saturated rings. The first-order valence-corrected chi connectivity index (χ1v) is 5.59. The zero-order valence-electron chi connectivity index (χ0n) is 9.05. The van der Waals surface area contributed by atoms with Crippen molar-refractivity contribution in [2.24, 2.45) is 0 Å². The molecule has 0 spiro atoms. The number of nitrogen functional groups attached to an aromatic ring is 1. The van der Waals surface area contributed by atoms with Gasteiger partial charge >= 0.3 is 6.18 Å². The Morgan fingerprint density at radius 3 is 2.72 bits per heavy atom. The minimum absolute atomic E-state index is 0.289. The van der Waals surface area contributed by atoms with Crippen molar-refractivity contribution in [3.8, 4) is 5.75 Å². The number of alkyl halides is 3. The first-order chi connectivity index (χ1) is 8.29. The van der Waals surface area contributed by atoms with E-state index in [0.29, 0.717) is 10.2 Å². The van der Waals surface area contributed by atoms with E-state index in [1.54, 1.807) is 17.4 Å². The standard InChI is InChI=1S/C10H10BrF3N2O2/c11-9-6(15)2-1-3-7(9)18-4-8(17)16-5-10(12,13)14/h1-3H,4-5,15H2,(H,16,17). The summed E-state index contributed by atoms with van der Waals surface area (Å²) in [6.07, 6.45) is -4.44. The summed E-state index contributed by atoms with van der Waals surface area (Å²) in [6, 6.07) is 4.75. The van der Waals surface area contributed by atoms with Crippen LogP contribution in [0.15, 0.2) is 22.7 Å². The van der Waals surface area contributed by atoms with E-state index in [1.165, 1.54) is 6.07 Å². The van der Waals surface area contributed by atoms with Crippen molar-refractivity contribution in [2.45, 2.75) is 6.18 Å². The van der Waals surface area contributed by atoms with Crippen molar-refractivity contribution < 1.29 is 22.7 Å². The van der Waals surface area contributed by atoms with Gasteiger partial charge in [0.25, 0.3) is 5.91 Å². The van der Waals surface area contributed by atoms with Gasteiger partial charge in [0.1, 0.15) is 12.3 Å². The molecule has 1 amide bonds. The average molecular weight is 327 g/mol. The lowest BCUT2D eigenvalue weighted by atomic mass is 10.3. The maximum absolute atomic E-state index is 11.8. The van der Waals surface area contributed by atoms with Crippen LogP contribution in [0.25, 0.3) is 0 Å². The predicted octanol–water partition coefficient (Wildman–Crippen LogP) is 2.09. The molecule has 1 rings (SSSR count). The molecule has 0 aromatic heterocycles. The normalized spacial score (nSPS) is 11.1. The van der Waals surface area contributed by atoms with E-state index in [-0.39, 0.29) is 5.75 Å². The maximum Gasteiger partial charge on any atom is 0.405 e. The summed E-state index contributed by atoms with van der Waals surface area (Å²) in [5, 5.41) is 1.69. The van der Waals surface area contributed by atoms with Crippen molar-refractivity contribution >= 4 is 27.5 Å². The molecule has 100 valence electrons. The van der Waals surface area contributed by atoms with Crippen molar-refractivity contribution in [1.82, 2.24) is 5.32 Å². The van der Waals surface area contributed by atoms with Gasteiger partial charge in [-0.1, -0.05) is 6.07 Å². The Kier molecular flexibility index (Phi) is 4.83. The quantitative estimate of drug-likeness (QED) is 0.833. The number of halogens is 4. The lowest BCUT2D eigenvalue weighted by Crippen LogP contribution is -2.36. The third-order valence-corrected chi connectivity index (χ3v) is 2.69. The molecule has 1 aromatic rings. The van der Waals surface area contributed by atoms with Gasteiger partial charge < -0.3 is 15.8 Å². The fourth-order valence-electron chi connectivity index (χ4n) is 1.03. The van der Waals surface area contributed by atoms with Gasteiger partial charge in [0.2, 0.25) is 0 Å².